The quantitative estimate of drug-likeness (QED) is 0.751. The van der Waals surface area contributed by atoms with Gasteiger partial charge in [-0.1, -0.05) is 0 Å². The second-order valence-corrected chi connectivity index (χ2v) is 5.51. The van der Waals surface area contributed by atoms with Crippen molar-refractivity contribution in [2.75, 3.05) is 14.2 Å². The van der Waals surface area contributed by atoms with Crippen LogP contribution in [0.25, 0.3) is 0 Å². The summed E-state index contributed by atoms with van der Waals surface area (Å²) in [6, 6.07) is 5.49. The van der Waals surface area contributed by atoms with E-state index in [-0.39, 0.29) is 5.82 Å². The van der Waals surface area contributed by atoms with E-state index in [1.165, 1.54) is 38.5 Å². The molecule has 1 rings (SSSR count). The van der Waals surface area contributed by atoms with Gasteiger partial charge in [0.15, 0.2) is 0 Å². The van der Waals surface area contributed by atoms with Gasteiger partial charge in [-0.3, -0.25) is 0 Å². The van der Waals surface area contributed by atoms with Crippen LogP contribution in [-0.2, 0) is 20.9 Å². The highest BCUT2D eigenvalue weighted by Gasteiger charge is 2.17. The maximum Gasteiger partial charge on any atom is 0.380 e. The number of benzene rings is 1. The molecule has 0 aromatic heterocycles. The zero-order valence-corrected chi connectivity index (χ0v) is 9.48. The summed E-state index contributed by atoms with van der Waals surface area (Å²) in [7, 11) is 2.82. The number of hydrogen-bond donors (Lipinski definition) is 0. The largest absolute Gasteiger partial charge is 0.424 e. The number of rotatable bonds is 4. The summed E-state index contributed by atoms with van der Waals surface area (Å²) in [5.74, 6) is 0.0962. The third-order valence-corrected chi connectivity index (χ3v) is 3.92. The highest BCUT2D eigenvalue weighted by Crippen LogP contribution is 2.47. The molecule has 78 valence electrons. The van der Waals surface area contributed by atoms with Crippen LogP contribution in [0.4, 0.5) is 4.39 Å². The lowest BCUT2D eigenvalue weighted by Gasteiger charge is -2.17. The minimum atomic E-state index is -2.71. The van der Waals surface area contributed by atoms with Crippen molar-refractivity contribution >= 4 is 18.5 Å². The predicted molar refractivity (Wildman–Crippen MR) is 55.3 cm³/mol. The van der Waals surface area contributed by atoms with Crippen molar-refractivity contribution < 1.29 is 18.0 Å². The first-order valence-electron chi connectivity index (χ1n) is 3.76. The summed E-state index contributed by atoms with van der Waals surface area (Å²) < 4.78 is 27.6. The van der Waals surface area contributed by atoms with Gasteiger partial charge >= 0.3 is 6.72 Å². The van der Waals surface area contributed by atoms with Gasteiger partial charge in [-0.05, 0) is 24.3 Å². The lowest BCUT2D eigenvalue weighted by Crippen LogP contribution is -1.96. The van der Waals surface area contributed by atoms with E-state index in [4.69, 9.17) is 25.4 Å². The van der Waals surface area contributed by atoms with Crippen molar-refractivity contribution in [1.82, 2.24) is 0 Å². The van der Waals surface area contributed by atoms with Crippen LogP contribution >= 0.6 is 6.72 Å². The van der Waals surface area contributed by atoms with E-state index in [2.05, 4.69) is 0 Å². The topological polar surface area (TPSA) is 27.7 Å². The summed E-state index contributed by atoms with van der Waals surface area (Å²) in [4.78, 5) is 0. The van der Waals surface area contributed by atoms with Crippen LogP contribution in [0, 0.1) is 5.82 Å². The molecule has 0 amide bonds. The SMILES string of the molecule is COP(=S)(OC)Oc1ccc(F)cc1. The van der Waals surface area contributed by atoms with Gasteiger partial charge in [0.25, 0.3) is 0 Å². The Labute approximate surface area is 87.0 Å². The Kier molecular flexibility index (Phi) is 4.01. The van der Waals surface area contributed by atoms with Crippen LogP contribution in [0.2, 0.25) is 0 Å². The molecule has 0 saturated carbocycles. The minimum absolute atomic E-state index is 0.333. The van der Waals surface area contributed by atoms with E-state index in [1.54, 1.807) is 0 Å². The van der Waals surface area contributed by atoms with Gasteiger partial charge in [-0.25, -0.2) is 4.39 Å². The Hall–Kier alpha value is -0.480. The minimum Gasteiger partial charge on any atom is -0.424 e. The zero-order chi connectivity index (χ0) is 10.6. The van der Waals surface area contributed by atoms with Crippen molar-refractivity contribution in [2.45, 2.75) is 0 Å². The van der Waals surface area contributed by atoms with Gasteiger partial charge in [-0.2, -0.15) is 0 Å². The molecule has 0 aliphatic carbocycles. The Bertz CT molecular complexity index is 333. The first kappa shape index (κ1) is 11.6. The summed E-state index contributed by atoms with van der Waals surface area (Å²) in [5, 5.41) is 0. The van der Waals surface area contributed by atoms with Gasteiger partial charge in [0, 0.05) is 26.0 Å². The molecule has 0 radical (unpaired) electrons. The lowest BCUT2D eigenvalue weighted by molar-refractivity contribution is 0.273. The highest BCUT2D eigenvalue weighted by molar-refractivity contribution is 8.07. The van der Waals surface area contributed by atoms with Crippen LogP contribution in [0.1, 0.15) is 0 Å². The highest BCUT2D eigenvalue weighted by atomic mass is 32.5. The second-order valence-electron chi connectivity index (χ2n) is 2.36. The molecule has 0 bridgehead atoms. The summed E-state index contributed by atoms with van der Waals surface area (Å²) >= 11 is 4.97. The molecule has 1 aromatic rings. The van der Waals surface area contributed by atoms with E-state index < -0.39 is 6.72 Å². The molecule has 0 aliphatic heterocycles. The Morgan fingerprint density at radius 3 is 2.07 bits per heavy atom. The average molecular weight is 236 g/mol. The predicted octanol–water partition coefficient (Wildman–Crippen LogP) is 2.72. The molecule has 0 heterocycles. The monoisotopic (exact) mass is 236 g/mol. The van der Waals surface area contributed by atoms with Crippen molar-refractivity contribution in [3.63, 3.8) is 0 Å². The van der Waals surface area contributed by atoms with Crippen molar-refractivity contribution in [1.29, 1.82) is 0 Å². The van der Waals surface area contributed by atoms with Gasteiger partial charge in [-0.15, -0.1) is 0 Å². The van der Waals surface area contributed by atoms with Gasteiger partial charge < -0.3 is 13.6 Å². The van der Waals surface area contributed by atoms with E-state index in [0.29, 0.717) is 5.75 Å². The van der Waals surface area contributed by atoms with Crippen LogP contribution in [0.5, 0.6) is 5.75 Å². The normalized spacial score (nSPS) is 11.4. The molecule has 0 N–H and O–H groups in total. The zero-order valence-electron chi connectivity index (χ0n) is 7.77. The van der Waals surface area contributed by atoms with Crippen molar-refractivity contribution in [3.8, 4) is 5.75 Å². The summed E-state index contributed by atoms with van der Waals surface area (Å²) in [6.45, 7) is -2.71. The van der Waals surface area contributed by atoms with E-state index in [0.717, 1.165) is 0 Å². The average Bonchev–Trinajstić information content (AvgIpc) is 2.21. The van der Waals surface area contributed by atoms with Gasteiger partial charge in [0.2, 0.25) is 0 Å². The molecule has 0 aliphatic rings. The van der Waals surface area contributed by atoms with E-state index >= 15 is 0 Å². The molecule has 1 aromatic carbocycles. The first-order valence-corrected chi connectivity index (χ1v) is 6.32. The fourth-order valence-corrected chi connectivity index (χ4v) is 1.71. The summed E-state index contributed by atoms with van der Waals surface area (Å²) in [6.07, 6.45) is 0. The summed E-state index contributed by atoms with van der Waals surface area (Å²) in [5.41, 5.74) is 0. The fraction of sp³-hybridized carbons (Fsp3) is 0.250. The van der Waals surface area contributed by atoms with Crippen LogP contribution in [-0.4, -0.2) is 14.2 Å². The van der Waals surface area contributed by atoms with Gasteiger partial charge in [0.1, 0.15) is 11.6 Å². The fourth-order valence-electron chi connectivity index (χ4n) is 0.774. The van der Waals surface area contributed by atoms with Crippen LogP contribution < -0.4 is 4.52 Å². The molecular weight excluding hydrogens is 226 g/mol. The van der Waals surface area contributed by atoms with Crippen molar-refractivity contribution in [3.05, 3.63) is 30.1 Å². The van der Waals surface area contributed by atoms with Crippen molar-refractivity contribution in [2.24, 2.45) is 0 Å². The van der Waals surface area contributed by atoms with E-state index in [9.17, 15) is 4.39 Å². The molecule has 0 saturated heterocycles. The molecular formula is C8H10FO3PS. The first-order chi connectivity index (χ1) is 6.59. The molecule has 14 heavy (non-hydrogen) atoms. The van der Waals surface area contributed by atoms with Crippen LogP contribution in [0.3, 0.4) is 0 Å². The molecule has 3 nitrogen and oxygen atoms in total. The maximum atomic E-state index is 12.5. The molecule has 6 heteroatoms. The number of hydrogen-bond acceptors (Lipinski definition) is 4. The lowest BCUT2D eigenvalue weighted by atomic mass is 10.3. The molecule has 0 fully saturated rings. The van der Waals surface area contributed by atoms with Gasteiger partial charge in [0.05, 0.1) is 0 Å². The second kappa shape index (κ2) is 4.84. The number of halogens is 1. The molecule has 0 atom stereocenters. The maximum absolute atomic E-state index is 12.5. The smallest absolute Gasteiger partial charge is 0.380 e. The Morgan fingerprint density at radius 2 is 1.64 bits per heavy atom. The third kappa shape index (κ3) is 3.03. The molecule has 0 unspecified atom stereocenters. The molecule has 0 spiro atoms. The van der Waals surface area contributed by atoms with E-state index in [1.807, 2.05) is 0 Å². The Balaban J connectivity index is 2.78. The Morgan fingerprint density at radius 1 is 1.14 bits per heavy atom. The standard InChI is InChI=1S/C8H10FO3PS/c1-10-13(14,11-2)12-8-5-3-7(9)4-6-8/h3-6H,1-2H3. The third-order valence-electron chi connectivity index (χ3n) is 1.48. The van der Waals surface area contributed by atoms with Crippen LogP contribution in [0.15, 0.2) is 24.3 Å².